The van der Waals surface area contributed by atoms with E-state index in [-0.39, 0.29) is 5.75 Å². The molecule has 1 aliphatic heterocycles. The molecule has 5 nitrogen and oxygen atoms in total. The molecule has 1 atom stereocenters. The smallest absolute Gasteiger partial charge is 0.160 e. The van der Waals surface area contributed by atoms with Gasteiger partial charge in [0.15, 0.2) is 5.65 Å². The Labute approximate surface area is 134 Å². The summed E-state index contributed by atoms with van der Waals surface area (Å²) in [5, 5.41) is 9.79. The number of fused-ring (bicyclic) bond motifs is 1. The minimum absolute atomic E-state index is 0.245. The molecular weight excluding hydrogens is 290 g/mol. The summed E-state index contributed by atoms with van der Waals surface area (Å²) in [5.74, 6) is 1.56. The van der Waals surface area contributed by atoms with Crippen LogP contribution in [0.5, 0.6) is 5.75 Å². The lowest BCUT2D eigenvalue weighted by atomic mass is 10.0. The molecule has 1 unspecified atom stereocenters. The molecule has 0 radical (unpaired) electrons. The molecule has 118 valence electrons. The number of phenols is 1. The van der Waals surface area contributed by atoms with Gasteiger partial charge in [0.2, 0.25) is 0 Å². The highest BCUT2D eigenvalue weighted by Crippen LogP contribution is 2.28. The van der Waals surface area contributed by atoms with Gasteiger partial charge in [0.05, 0.1) is 6.61 Å². The van der Waals surface area contributed by atoms with E-state index < -0.39 is 0 Å². The van der Waals surface area contributed by atoms with Crippen LogP contribution in [0.2, 0.25) is 0 Å². The van der Waals surface area contributed by atoms with E-state index in [0.717, 1.165) is 55.2 Å². The van der Waals surface area contributed by atoms with Crippen LogP contribution in [0.15, 0.2) is 42.6 Å². The van der Waals surface area contributed by atoms with Gasteiger partial charge in [-0.25, -0.2) is 9.97 Å². The third kappa shape index (κ3) is 2.80. The lowest BCUT2D eigenvalue weighted by Crippen LogP contribution is -2.22. The Balaban J connectivity index is 1.80. The largest absolute Gasteiger partial charge is 0.508 e. The summed E-state index contributed by atoms with van der Waals surface area (Å²) in [5.41, 5.74) is 2.67. The van der Waals surface area contributed by atoms with Gasteiger partial charge in [0, 0.05) is 30.8 Å². The van der Waals surface area contributed by atoms with Gasteiger partial charge in [-0.3, -0.25) is 0 Å². The fraction of sp³-hybridized carbons (Fsp3) is 0.333. The van der Waals surface area contributed by atoms with Crippen LogP contribution in [0.1, 0.15) is 12.8 Å². The number of aromatic hydroxyl groups is 1. The first kappa shape index (κ1) is 14.2. The zero-order valence-corrected chi connectivity index (χ0v) is 12.9. The first-order valence-electron chi connectivity index (χ1n) is 7.99. The average Bonchev–Trinajstić information content (AvgIpc) is 2.95. The highest BCUT2D eigenvalue weighted by molar-refractivity contribution is 5.77. The Morgan fingerprint density at radius 1 is 1.26 bits per heavy atom. The lowest BCUT2D eigenvalue weighted by molar-refractivity contribution is 0.0489. The second-order valence-corrected chi connectivity index (χ2v) is 6.03. The van der Waals surface area contributed by atoms with Crippen molar-refractivity contribution >= 4 is 11.2 Å². The maximum atomic E-state index is 9.79. The second-order valence-electron chi connectivity index (χ2n) is 6.03. The molecule has 0 spiro atoms. The molecule has 23 heavy (non-hydrogen) atoms. The Kier molecular flexibility index (Phi) is 3.71. The predicted molar refractivity (Wildman–Crippen MR) is 88.2 cm³/mol. The van der Waals surface area contributed by atoms with Gasteiger partial charge in [-0.15, -0.1) is 0 Å². The number of pyridine rings is 1. The highest BCUT2D eigenvalue weighted by Gasteiger charge is 2.20. The number of hydrogen-bond donors (Lipinski definition) is 1. The van der Waals surface area contributed by atoms with Crippen molar-refractivity contribution in [3.8, 4) is 17.1 Å². The summed E-state index contributed by atoms with van der Waals surface area (Å²) >= 11 is 0. The van der Waals surface area contributed by atoms with Crippen LogP contribution in [0.25, 0.3) is 22.6 Å². The highest BCUT2D eigenvalue weighted by atomic mass is 16.5. The number of nitrogens with zero attached hydrogens (tertiary/aromatic N) is 3. The van der Waals surface area contributed by atoms with E-state index in [2.05, 4.69) is 9.55 Å². The van der Waals surface area contributed by atoms with Crippen molar-refractivity contribution < 1.29 is 9.84 Å². The van der Waals surface area contributed by atoms with Gasteiger partial charge in [0.1, 0.15) is 17.1 Å². The van der Waals surface area contributed by atoms with Crippen molar-refractivity contribution in [1.29, 1.82) is 0 Å². The quantitative estimate of drug-likeness (QED) is 0.807. The topological polar surface area (TPSA) is 60.2 Å². The molecule has 5 heteroatoms. The molecular formula is C18H19N3O2. The number of rotatable bonds is 3. The normalized spacial score (nSPS) is 18.3. The summed E-state index contributed by atoms with van der Waals surface area (Å²) in [6.45, 7) is 2.48. The van der Waals surface area contributed by atoms with Gasteiger partial charge in [-0.05, 0) is 37.1 Å². The SMILES string of the molecule is Oc1cccc(-c2nc3cccnc3n2CC2CCCOC2)c1. The van der Waals surface area contributed by atoms with E-state index in [0.29, 0.717) is 5.92 Å². The Morgan fingerprint density at radius 3 is 3.04 bits per heavy atom. The lowest BCUT2D eigenvalue weighted by Gasteiger charge is -2.23. The molecule has 0 aliphatic carbocycles. The standard InChI is InChI=1S/C18H19N3O2/c22-15-6-1-5-14(10-15)17-20-16-7-2-8-19-18(16)21(17)11-13-4-3-9-23-12-13/h1-2,5-8,10,13,22H,3-4,9,11-12H2. The number of benzene rings is 1. The van der Waals surface area contributed by atoms with Gasteiger partial charge < -0.3 is 14.4 Å². The van der Waals surface area contributed by atoms with E-state index >= 15 is 0 Å². The van der Waals surface area contributed by atoms with Crippen LogP contribution < -0.4 is 0 Å². The third-order valence-electron chi connectivity index (χ3n) is 4.30. The maximum absolute atomic E-state index is 9.79. The molecule has 1 N–H and O–H groups in total. The fourth-order valence-electron chi connectivity index (χ4n) is 3.21. The van der Waals surface area contributed by atoms with Crippen LogP contribution in [-0.2, 0) is 11.3 Å². The third-order valence-corrected chi connectivity index (χ3v) is 4.30. The van der Waals surface area contributed by atoms with Crippen LogP contribution in [0, 0.1) is 5.92 Å². The summed E-state index contributed by atoms with van der Waals surface area (Å²) in [7, 11) is 0. The van der Waals surface area contributed by atoms with E-state index in [9.17, 15) is 5.11 Å². The summed E-state index contributed by atoms with van der Waals surface area (Å²) in [4.78, 5) is 9.25. The number of ether oxygens (including phenoxy) is 1. The predicted octanol–water partition coefficient (Wildman–Crippen LogP) is 3.23. The van der Waals surface area contributed by atoms with Crippen molar-refractivity contribution in [3.63, 3.8) is 0 Å². The zero-order valence-electron chi connectivity index (χ0n) is 12.9. The Bertz CT molecular complexity index is 822. The summed E-state index contributed by atoms with van der Waals surface area (Å²) < 4.78 is 7.77. The van der Waals surface area contributed by atoms with E-state index in [1.54, 1.807) is 18.3 Å². The van der Waals surface area contributed by atoms with E-state index in [4.69, 9.17) is 9.72 Å². The molecule has 0 saturated carbocycles. The first-order chi connectivity index (χ1) is 11.3. The van der Waals surface area contributed by atoms with E-state index in [1.807, 2.05) is 24.3 Å². The van der Waals surface area contributed by atoms with Crippen molar-refractivity contribution in [2.75, 3.05) is 13.2 Å². The van der Waals surface area contributed by atoms with Crippen LogP contribution in [-0.4, -0.2) is 32.9 Å². The average molecular weight is 309 g/mol. The minimum Gasteiger partial charge on any atom is -0.508 e. The Hall–Kier alpha value is -2.40. The molecule has 1 saturated heterocycles. The monoisotopic (exact) mass is 309 g/mol. The molecule has 3 aromatic rings. The zero-order chi connectivity index (χ0) is 15.6. The second kappa shape index (κ2) is 6.01. The van der Waals surface area contributed by atoms with Crippen LogP contribution in [0.3, 0.4) is 0 Å². The molecule has 3 heterocycles. The molecule has 1 aromatic carbocycles. The van der Waals surface area contributed by atoms with Gasteiger partial charge in [-0.2, -0.15) is 0 Å². The minimum atomic E-state index is 0.245. The van der Waals surface area contributed by atoms with Crippen molar-refractivity contribution in [2.45, 2.75) is 19.4 Å². The number of hydrogen-bond acceptors (Lipinski definition) is 4. The number of phenolic OH excluding ortho intramolecular Hbond substituents is 1. The van der Waals surface area contributed by atoms with E-state index in [1.165, 1.54) is 0 Å². The van der Waals surface area contributed by atoms with Crippen LogP contribution in [0.4, 0.5) is 0 Å². The molecule has 1 fully saturated rings. The molecule has 2 aromatic heterocycles. The molecule has 1 aliphatic rings. The molecule has 4 rings (SSSR count). The van der Waals surface area contributed by atoms with Gasteiger partial charge >= 0.3 is 0 Å². The van der Waals surface area contributed by atoms with Crippen molar-refractivity contribution in [2.24, 2.45) is 5.92 Å². The van der Waals surface area contributed by atoms with Crippen molar-refractivity contribution in [1.82, 2.24) is 14.5 Å². The van der Waals surface area contributed by atoms with Gasteiger partial charge in [0.25, 0.3) is 0 Å². The molecule has 0 amide bonds. The number of imidazole rings is 1. The maximum Gasteiger partial charge on any atom is 0.160 e. The summed E-state index contributed by atoms with van der Waals surface area (Å²) in [6.07, 6.45) is 4.06. The number of aromatic nitrogens is 3. The van der Waals surface area contributed by atoms with Crippen molar-refractivity contribution in [3.05, 3.63) is 42.6 Å². The summed E-state index contributed by atoms with van der Waals surface area (Å²) in [6, 6.07) is 11.1. The van der Waals surface area contributed by atoms with Crippen LogP contribution >= 0.6 is 0 Å². The fourth-order valence-corrected chi connectivity index (χ4v) is 3.21. The Morgan fingerprint density at radius 2 is 2.22 bits per heavy atom. The first-order valence-corrected chi connectivity index (χ1v) is 7.99. The molecule has 0 bridgehead atoms. The van der Waals surface area contributed by atoms with Gasteiger partial charge in [-0.1, -0.05) is 12.1 Å².